The number of rotatable bonds is 8. The van der Waals surface area contributed by atoms with E-state index in [0.717, 1.165) is 0 Å². The summed E-state index contributed by atoms with van der Waals surface area (Å²) in [4.78, 5) is 24.9. The van der Waals surface area contributed by atoms with E-state index in [9.17, 15) is 9.59 Å². The molecule has 3 rings (SSSR count). The first kappa shape index (κ1) is 22.8. The van der Waals surface area contributed by atoms with Gasteiger partial charge >= 0.3 is 0 Å². The fourth-order valence-corrected chi connectivity index (χ4v) is 3.87. The molecule has 0 saturated carbocycles. The molecule has 0 aliphatic rings. The Hall–Kier alpha value is -2.84. The van der Waals surface area contributed by atoms with Crippen molar-refractivity contribution in [2.45, 2.75) is 25.0 Å². The van der Waals surface area contributed by atoms with E-state index in [2.05, 4.69) is 20.8 Å². The lowest BCUT2D eigenvalue weighted by atomic mass is 10.0. The minimum Gasteiger partial charge on any atom is -0.342 e. The summed E-state index contributed by atoms with van der Waals surface area (Å²) in [6.45, 7) is 4.02. The van der Waals surface area contributed by atoms with Gasteiger partial charge in [-0.15, -0.1) is 10.2 Å². The van der Waals surface area contributed by atoms with Crippen molar-refractivity contribution in [2.75, 3.05) is 11.1 Å². The zero-order valence-electron chi connectivity index (χ0n) is 17.5. The molecule has 0 aliphatic carbocycles. The van der Waals surface area contributed by atoms with Crippen LogP contribution in [-0.4, -0.2) is 32.3 Å². The van der Waals surface area contributed by atoms with E-state index in [1.54, 1.807) is 36.4 Å². The Morgan fingerprint density at radius 1 is 1.10 bits per heavy atom. The summed E-state index contributed by atoms with van der Waals surface area (Å²) in [6, 6.07) is 15.7. The number of aromatic nitrogens is 3. The number of carbonyl (C=O) groups is 2. The standard InChI is InChI=1S/C22H24ClN5O2S/c1-14(2)19(25-21(30)15-8-5-4-6-9-15)20-26-27-22(28(20)3)31-13-18(29)24-17-11-7-10-16(23)12-17/h4-12,14,19H,13H2,1-3H3,(H,24,29)(H,25,30)/t19-/m1/s1. The van der Waals surface area contributed by atoms with Gasteiger partial charge in [0.25, 0.3) is 5.91 Å². The zero-order chi connectivity index (χ0) is 22.4. The molecule has 0 unspecified atom stereocenters. The Kier molecular flexibility index (Phi) is 7.70. The predicted molar refractivity (Wildman–Crippen MR) is 123 cm³/mol. The molecular formula is C22H24ClN5O2S. The fourth-order valence-electron chi connectivity index (χ4n) is 2.96. The monoisotopic (exact) mass is 457 g/mol. The summed E-state index contributed by atoms with van der Waals surface area (Å²) < 4.78 is 1.81. The second kappa shape index (κ2) is 10.5. The number of benzene rings is 2. The van der Waals surface area contributed by atoms with Gasteiger partial charge in [0, 0.05) is 23.3 Å². The number of hydrogen-bond acceptors (Lipinski definition) is 5. The van der Waals surface area contributed by atoms with E-state index in [0.29, 0.717) is 27.3 Å². The summed E-state index contributed by atoms with van der Waals surface area (Å²) in [5.74, 6) is 0.560. The molecule has 162 valence electrons. The van der Waals surface area contributed by atoms with Gasteiger partial charge in [0.05, 0.1) is 11.8 Å². The van der Waals surface area contributed by atoms with Crippen LogP contribution in [0, 0.1) is 5.92 Å². The second-order valence-corrected chi connectivity index (χ2v) is 8.69. The lowest BCUT2D eigenvalue weighted by molar-refractivity contribution is -0.113. The molecule has 0 bridgehead atoms. The van der Waals surface area contributed by atoms with Gasteiger partial charge in [0.2, 0.25) is 5.91 Å². The maximum Gasteiger partial charge on any atom is 0.251 e. The average Bonchev–Trinajstić information content (AvgIpc) is 3.10. The average molecular weight is 458 g/mol. The van der Waals surface area contributed by atoms with Crippen LogP contribution in [0.4, 0.5) is 5.69 Å². The Morgan fingerprint density at radius 3 is 2.52 bits per heavy atom. The number of anilines is 1. The van der Waals surface area contributed by atoms with Gasteiger partial charge in [0.15, 0.2) is 11.0 Å². The van der Waals surface area contributed by atoms with Gasteiger partial charge in [-0.1, -0.05) is 61.5 Å². The second-order valence-electron chi connectivity index (χ2n) is 7.31. The largest absolute Gasteiger partial charge is 0.342 e. The lowest BCUT2D eigenvalue weighted by Crippen LogP contribution is -2.33. The topological polar surface area (TPSA) is 88.9 Å². The minimum absolute atomic E-state index is 0.0968. The van der Waals surface area contributed by atoms with E-state index in [1.165, 1.54) is 11.8 Å². The maximum atomic E-state index is 12.6. The van der Waals surface area contributed by atoms with Gasteiger partial charge in [-0.3, -0.25) is 9.59 Å². The first-order valence-corrected chi connectivity index (χ1v) is 11.1. The molecule has 3 aromatic rings. The maximum absolute atomic E-state index is 12.6. The van der Waals surface area contributed by atoms with Crippen molar-refractivity contribution in [3.63, 3.8) is 0 Å². The Morgan fingerprint density at radius 2 is 1.84 bits per heavy atom. The van der Waals surface area contributed by atoms with Gasteiger partial charge in [-0.25, -0.2) is 0 Å². The van der Waals surface area contributed by atoms with E-state index in [1.807, 2.05) is 43.7 Å². The summed E-state index contributed by atoms with van der Waals surface area (Å²) in [5.41, 5.74) is 1.22. The van der Waals surface area contributed by atoms with E-state index in [-0.39, 0.29) is 29.5 Å². The van der Waals surface area contributed by atoms with Crippen LogP contribution < -0.4 is 10.6 Å². The van der Waals surface area contributed by atoms with Crippen molar-refractivity contribution in [1.29, 1.82) is 0 Å². The molecule has 1 heterocycles. The summed E-state index contributed by atoms with van der Waals surface area (Å²) in [6.07, 6.45) is 0. The van der Waals surface area contributed by atoms with Crippen LogP contribution in [0.3, 0.4) is 0 Å². The van der Waals surface area contributed by atoms with Crippen LogP contribution in [0.15, 0.2) is 59.8 Å². The van der Waals surface area contributed by atoms with Crippen molar-refractivity contribution in [3.8, 4) is 0 Å². The third-order valence-electron chi connectivity index (χ3n) is 4.58. The Bertz CT molecular complexity index is 1060. The molecule has 0 radical (unpaired) electrons. The highest BCUT2D eigenvalue weighted by atomic mass is 35.5. The minimum atomic E-state index is -0.320. The summed E-state index contributed by atoms with van der Waals surface area (Å²) in [7, 11) is 1.83. The van der Waals surface area contributed by atoms with Crippen LogP contribution in [-0.2, 0) is 11.8 Å². The summed E-state index contributed by atoms with van der Waals surface area (Å²) >= 11 is 7.22. The molecule has 1 aromatic heterocycles. The molecule has 0 saturated heterocycles. The van der Waals surface area contributed by atoms with Gasteiger partial charge in [-0.05, 0) is 36.2 Å². The molecule has 7 nitrogen and oxygen atoms in total. The Labute approximate surface area is 190 Å². The van der Waals surface area contributed by atoms with Gasteiger partial charge in [-0.2, -0.15) is 0 Å². The summed E-state index contributed by atoms with van der Waals surface area (Å²) in [5, 5.41) is 15.5. The molecule has 2 aromatic carbocycles. The van der Waals surface area contributed by atoms with Gasteiger partial charge in [0.1, 0.15) is 0 Å². The van der Waals surface area contributed by atoms with Crippen LogP contribution in [0.1, 0.15) is 36.1 Å². The van der Waals surface area contributed by atoms with Crippen molar-refractivity contribution in [3.05, 3.63) is 71.0 Å². The SMILES string of the molecule is CC(C)[C@@H](NC(=O)c1ccccc1)c1nnc(SCC(=O)Nc2cccc(Cl)c2)n1C. The molecule has 1 atom stereocenters. The molecule has 0 fully saturated rings. The normalized spacial score (nSPS) is 11.9. The molecule has 0 aliphatic heterocycles. The number of amides is 2. The van der Waals surface area contributed by atoms with E-state index < -0.39 is 0 Å². The molecule has 0 spiro atoms. The fraction of sp³-hybridized carbons (Fsp3) is 0.273. The number of hydrogen-bond donors (Lipinski definition) is 2. The number of halogens is 1. The molecule has 2 N–H and O–H groups in total. The third kappa shape index (κ3) is 6.08. The number of carbonyl (C=O) groups excluding carboxylic acids is 2. The smallest absolute Gasteiger partial charge is 0.251 e. The number of nitrogens with zero attached hydrogens (tertiary/aromatic N) is 3. The van der Waals surface area contributed by atoms with Gasteiger partial charge < -0.3 is 15.2 Å². The van der Waals surface area contributed by atoms with Crippen molar-refractivity contribution in [2.24, 2.45) is 13.0 Å². The molecular weight excluding hydrogens is 434 g/mol. The zero-order valence-corrected chi connectivity index (χ0v) is 19.1. The van der Waals surface area contributed by atoms with Crippen LogP contribution in [0.5, 0.6) is 0 Å². The van der Waals surface area contributed by atoms with Crippen LogP contribution >= 0.6 is 23.4 Å². The van der Waals surface area contributed by atoms with Crippen molar-refractivity contribution in [1.82, 2.24) is 20.1 Å². The van der Waals surface area contributed by atoms with E-state index in [4.69, 9.17) is 11.6 Å². The molecule has 31 heavy (non-hydrogen) atoms. The third-order valence-corrected chi connectivity index (χ3v) is 5.83. The Balaban J connectivity index is 1.65. The highest BCUT2D eigenvalue weighted by Gasteiger charge is 2.25. The first-order chi connectivity index (χ1) is 14.8. The lowest BCUT2D eigenvalue weighted by Gasteiger charge is -2.21. The van der Waals surface area contributed by atoms with E-state index >= 15 is 0 Å². The molecule has 9 heteroatoms. The predicted octanol–water partition coefficient (Wildman–Crippen LogP) is 4.33. The van der Waals surface area contributed by atoms with Crippen molar-refractivity contribution < 1.29 is 9.59 Å². The molecule has 2 amide bonds. The van der Waals surface area contributed by atoms with Crippen LogP contribution in [0.2, 0.25) is 5.02 Å². The number of nitrogens with one attached hydrogen (secondary N) is 2. The highest BCUT2D eigenvalue weighted by molar-refractivity contribution is 7.99. The quantitative estimate of drug-likeness (QED) is 0.491. The van der Waals surface area contributed by atoms with Crippen LogP contribution in [0.25, 0.3) is 0 Å². The number of thioether (sulfide) groups is 1. The first-order valence-electron chi connectivity index (χ1n) is 9.78. The van der Waals surface area contributed by atoms with Crippen molar-refractivity contribution >= 4 is 40.9 Å². The highest BCUT2D eigenvalue weighted by Crippen LogP contribution is 2.24.